The van der Waals surface area contributed by atoms with Crippen molar-refractivity contribution in [3.05, 3.63) is 16.9 Å². The zero-order valence-electron chi connectivity index (χ0n) is 16.5. The summed E-state index contributed by atoms with van der Waals surface area (Å²) < 4.78 is 18.4. The van der Waals surface area contributed by atoms with Crippen molar-refractivity contribution < 1.29 is 23.8 Å². The summed E-state index contributed by atoms with van der Waals surface area (Å²) in [4.78, 5) is 29.8. The van der Waals surface area contributed by atoms with Gasteiger partial charge in [-0.15, -0.1) is 0 Å². The van der Waals surface area contributed by atoms with Crippen molar-refractivity contribution in [2.24, 2.45) is 10.9 Å². The van der Waals surface area contributed by atoms with Crippen molar-refractivity contribution in [1.82, 2.24) is 4.57 Å². The van der Waals surface area contributed by atoms with Crippen molar-refractivity contribution in [3.8, 4) is 11.5 Å². The van der Waals surface area contributed by atoms with Crippen LogP contribution >= 0.6 is 11.3 Å². The number of carbonyl (C=O) groups is 2. The second-order valence-electron chi connectivity index (χ2n) is 6.74. The number of hydrogen-bond donors (Lipinski definition) is 0. The number of methoxy groups -OCH3 is 2. The molecule has 1 amide bonds. The van der Waals surface area contributed by atoms with Gasteiger partial charge in [-0.25, -0.2) is 0 Å². The molecule has 1 aliphatic carbocycles. The summed E-state index contributed by atoms with van der Waals surface area (Å²) in [6, 6.07) is 3.64. The van der Waals surface area contributed by atoms with Crippen LogP contribution in [0.2, 0.25) is 0 Å². The molecule has 0 radical (unpaired) electrons. The Morgan fingerprint density at radius 1 is 1.14 bits per heavy atom. The fraction of sp³-hybridized carbons (Fsp3) is 0.550. The first kappa shape index (κ1) is 20.4. The lowest BCUT2D eigenvalue weighted by Crippen LogP contribution is -2.25. The molecule has 0 spiro atoms. The maximum absolute atomic E-state index is 12.7. The Hall–Kier alpha value is -2.35. The van der Waals surface area contributed by atoms with Crippen molar-refractivity contribution >= 4 is 33.4 Å². The maximum atomic E-state index is 12.7. The highest BCUT2D eigenvalue weighted by Crippen LogP contribution is 2.33. The Labute approximate surface area is 167 Å². The molecule has 152 valence electrons. The van der Waals surface area contributed by atoms with Crippen LogP contribution in [0.4, 0.5) is 0 Å². The molecule has 0 saturated heterocycles. The van der Waals surface area contributed by atoms with Crippen molar-refractivity contribution in [2.45, 2.75) is 45.6 Å². The first-order chi connectivity index (χ1) is 13.6. The number of nitrogens with zero attached hydrogens (tertiary/aromatic N) is 2. The summed E-state index contributed by atoms with van der Waals surface area (Å²) >= 11 is 1.36. The Bertz CT molecular complexity index is 925. The topological polar surface area (TPSA) is 79.1 Å². The Morgan fingerprint density at radius 3 is 2.46 bits per heavy atom. The molecule has 1 heterocycles. The monoisotopic (exact) mass is 406 g/mol. The molecule has 1 saturated carbocycles. The summed E-state index contributed by atoms with van der Waals surface area (Å²) in [6.45, 7) is 2.05. The zero-order chi connectivity index (χ0) is 20.1. The van der Waals surface area contributed by atoms with Crippen molar-refractivity contribution in [1.29, 1.82) is 0 Å². The molecule has 0 N–H and O–H groups in total. The molecule has 1 fully saturated rings. The second kappa shape index (κ2) is 9.23. The van der Waals surface area contributed by atoms with Gasteiger partial charge in [-0.3, -0.25) is 9.59 Å². The number of thiazole rings is 1. The molecule has 8 heteroatoms. The Kier molecular flexibility index (Phi) is 6.72. The zero-order valence-corrected chi connectivity index (χ0v) is 17.3. The van der Waals surface area contributed by atoms with Gasteiger partial charge in [0.15, 0.2) is 16.3 Å². The third kappa shape index (κ3) is 4.38. The number of carbonyl (C=O) groups excluding carboxylic acids is 2. The molecule has 1 aliphatic rings. The van der Waals surface area contributed by atoms with Crippen LogP contribution in [0.15, 0.2) is 17.1 Å². The molecular weight excluding hydrogens is 380 g/mol. The summed E-state index contributed by atoms with van der Waals surface area (Å²) in [6.07, 6.45) is 5.07. The van der Waals surface area contributed by atoms with Crippen LogP contribution in [0.25, 0.3) is 10.2 Å². The van der Waals surface area contributed by atoms with E-state index in [-0.39, 0.29) is 24.3 Å². The maximum Gasteiger partial charge on any atom is 0.326 e. The van der Waals surface area contributed by atoms with Crippen LogP contribution in [0.5, 0.6) is 11.5 Å². The average Bonchev–Trinajstić information content (AvgIpc) is 3.03. The van der Waals surface area contributed by atoms with Gasteiger partial charge >= 0.3 is 5.97 Å². The third-order valence-corrected chi connectivity index (χ3v) is 5.98. The number of fused-ring (bicyclic) bond motifs is 1. The largest absolute Gasteiger partial charge is 0.493 e. The lowest BCUT2D eigenvalue weighted by molar-refractivity contribution is -0.143. The highest BCUT2D eigenvalue weighted by Gasteiger charge is 2.22. The number of amides is 1. The molecule has 7 nitrogen and oxygen atoms in total. The van der Waals surface area contributed by atoms with Gasteiger partial charge in [0.1, 0.15) is 6.54 Å². The second-order valence-corrected chi connectivity index (χ2v) is 7.74. The first-order valence-electron chi connectivity index (χ1n) is 9.57. The minimum Gasteiger partial charge on any atom is -0.493 e. The van der Waals surface area contributed by atoms with Crippen molar-refractivity contribution in [2.75, 3.05) is 20.8 Å². The molecular formula is C20H26N2O5S. The van der Waals surface area contributed by atoms with E-state index in [1.54, 1.807) is 31.8 Å². The predicted octanol–water partition coefficient (Wildman–Crippen LogP) is 3.29. The molecule has 2 aromatic rings. The highest BCUT2D eigenvalue weighted by molar-refractivity contribution is 7.16. The lowest BCUT2D eigenvalue weighted by atomic mass is 9.89. The molecule has 3 rings (SSSR count). The van der Waals surface area contributed by atoms with Crippen LogP contribution in [0, 0.1) is 5.92 Å². The summed E-state index contributed by atoms with van der Waals surface area (Å²) in [5, 5.41) is 0. The summed E-state index contributed by atoms with van der Waals surface area (Å²) in [5.41, 5.74) is 0.755. The van der Waals surface area contributed by atoms with Gasteiger partial charge in [0.05, 0.1) is 31.0 Å². The molecule has 1 aromatic carbocycles. The number of esters is 1. The van der Waals surface area contributed by atoms with E-state index in [9.17, 15) is 9.59 Å². The Morgan fingerprint density at radius 2 is 1.82 bits per heavy atom. The smallest absolute Gasteiger partial charge is 0.326 e. The molecule has 28 heavy (non-hydrogen) atoms. The lowest BCUT2D eigenvalue weighted by Gasteiger charge is -2.17. The molecule has 0 bridgehead atoms. The highest BCUT2D eigenvalue weighted by atomic mass is 32.1. The van der Waals surface area contributed by atoms with Gasteiger partial charge in [-0.05, 0) is 19.8 Å². The van der Waals surface area contributed by atoms with E-state index in [1.807, 2.05) is 6.07 Å². The summed E-state index contributed by atoms with van der Waals surface area (Å²) in [7, 11) is 3.13. The molecule has 0 unspecified atom stereocenters. The third-order valence-electron chi connectivity index (χ3n) is 4.94. The number of benzene rings is 1. The van der Waals surface area contributed by atoms with Gasteiger partial charge in [0, 0.05) is 18.1 Å². The molecule has 1 aromatic heterocycles. The van der Waals surface area contributed by atoms with Crippen molar-refractivity contribution in [3.63, 3.8) is 0 Å². The van der Waals surface area contributed by atoms with Crippen LogP contribution in [0.3, 0.4) is 0 Å². The number of ether oxygens (including phenoxy) is 3. The van der Waals surface area contributed by atoms with Crippen LogP contribution in [-0.4, -0.2) is 37.3 Å². The number of rotatable bonds is 6. The predicted molar refractivity (Wildman–Crippen MR) is 107 cm³/mol. The minimum absolute atomic E-state index is 0.0138. The SMILES string of the molecule is CCOC(=O)Cn1c(=NC(=O)C2CCCCC2)sc2cc(OC)c(OC)cc21. The van der Waals surface area contributed by atoms with E-state index < -0.39 is 0 Å². The average molecular weight is 407 g/mol. The normalized spacial score (nSPS) is 15.6. The van der Waals surface area contributed by atoms with Gasteiger partial charge in [-0.2, -0.15) is 4.99 Å². The minimum atomic E-state index is -0.372. The number of aromatic nitrogens is 1. The number of hydrogen-bond acceptors (Lipinski definition) is 6. The van der Waals surface area contributed by atoms with Crippen LogP contribution in [-0.2, 0) is 20.9 Å². The van der Waals surface area contributed by atoms with E-state index in [2.05, 4.69) is 4.99 Å². The van der Waals surface area contributed by atoms with E-state index in [0.29, 0.717) is 22.9 Å². The fourth-order valence-electron chi connectivity index (χ4n) is 3.51. The standard InChI is InChI=1S/C20H26N2O5S/c1-4-27-18(23)12-22-14-10-15(25-2)16(26-3)11-17(14)28-20(22)21-19(24)13-8-6-5-7-9-13/h10-11,13H,4-9,12H2,1-3H3. The Balaban J connectivity index is 2.09. The van der Waals surface area contributed by atoms with Gasteiger partial charge < -0.3 is 18.8 Å². The van der Waals surface area contributed by atoms with E-state index in [0.717, 1.165) is 35.9 Å². The molecule has 0 atom stereocenters. The van der Waals surface area contributed by atoms with E-state index >= 15 is 0 Å². The quantitative estimate of drug-likeness (QED) is 0.688. The van der Waals surface area contributed by atoms with Crippen LogP contribution in [0.1, 0.15) is 39.0 Å². The van der Waals surface area contributed by atoms with Gasteiger partial charge in [0.25, 0.3) is 5.91 Å². The molecule has 0 aliphatic heterocycles. The van der Waals surface area contributed by atoms with E-state index in [4.69, 9.17) is 14.2 Å². The first-order valence-corrected chi connectivity index (χ1v) is 10.4. The van der Waals surface area contributed by atoms with E-state index in [1.165, 1.54) is 17.8 Å². The van der Waals surface area contributed by atoms with Gasteiger partial charge in [-0.1, -0.05) is 30.6 Å². The summed E-state index contributed by atoms with van der Waals surface area (Å²) in [5.74, 6) is 0.630. The van der Waals surface area contributed by atoms with Gasteiger partial charge in [0.2, 0.25) is 0 Å². The fourth-order valence-corrected chi connectivity index (χ4v) is 4.55. The van der Waals surface area contributed by atoms with Crippen LogP contribution < -0.4 is 14.3 Å².